The van der Waals surface area contributed by atoms with Gasteiger partial charge in [-0.1, -0.05) is 30.3 Å². The van der Waals surface area contributed by atoms with E-state index in [9.17, 15) is 0 Å². The van der Waals surface area contributed by atoms with E-state index in [1.54, 1.807) is 0 Å². The number of likely N-dealkylation sites (tertiary alicyclic amines) is 1. The predicted octanol–water partition coefficient (Wildman–Crippen LogP) is 5.58. The van der Waals surface area contributed by atoms with Gasteiger partial charge in [-0.25, -0.2) is 4.98 Å². The van der Waals surface area contributed by atoms with Crippen LogP contribution >= 0.6 is 12.4 Å². The van der Waals surface area contributed by atoms with E-state index in [2.05, 4.69) is 66.2 Å². The van der Waals surface area contributed by atoms with E-state index in [0.29, 0.717) is 12.0 Å². The van der Waals surface area contributed by atoms with Crippen molar-refractivity contribution in [2.24, 2.45) is 13.0 Å². The lowest BCUT2D eigenvalue weighted by Crippen LogP contribution is -2.37. The van der Waals surface area contributed by atoms with Crippen LogP contribution in [0.3, 0.4) is 0 Å². The zero-order chi connectivity index (χ0) is 21.4. The summed E-state index contributed by atoms with van der Waals surface area (Å²) in [7, 11) is 2.05. The minimum absolute atomic E-state index is 0. The Morgan fingerprint density at radius 2 is 1.69 bits per heavy atom. The number of pyridine rings is 1. The Morgan fingerprint density at radius 3 is 2.44 bits per heavy atom. The summed E-state index contributed by atoms with van der Waals surface area (Å²) in [4.78, 5) is 7.40. The van der Waals surface area contributed by atoms with Crippen LogP contribution in [-0.2, 0) is 7.05 Å². The molecule has 0 bridgehead atoms. The molecular formula is C26H31ClN4O. The molecule has 2 aromatic heterocycles. The number of halogens is 1. The maximum atomic E-state index is 6.32. The highest BCUT2D eigenvalue weighted by molar-refractivity contribution is 6.07. The van der Waals surface area contributed by atoms with E-state index < -0.39 is 0 Å². The molecule has 2 N–H and O–H groups in total. The van der Waals surface area contributed by atoms with Gasteiger partial charge in [-0.2, -0.15) is 0 Å². The van der Waals surface area contributed by atoms with Gasteiger partial charge >= 0.3 is 0 Å². The summed E-state index contributed by atoms with van der Waals surface area (Å²) < 4.78 is 8.40. The summed E-state index contributed by atoms with van der Waals surface area (Å²) in [5, 5.41) is 3.47. The molecule has 168 valence electrons. The second kappa shape index (κ2) is 9.39. The van der Waals surface area contributed by atoms with Gasteiger partial charge in [0.25, 0.3) is 0 Å². The highest BCUT2D eigenvalue weighted by atomic mass is 35.5. The van der Waals surface area contributed by atoms with Crippen molar-refractivity contribution < 1.29 is 4.74 Å². The molecule has 1 unspecified atom stereocenters. The number of aromatic nitrogens is 2. The van der Waals surface area contributed by atoms with Crippen molar-refractivity contribution >= 4 is 39.8 Å². The normalized spacial score (nSPS) is 16.2. The molecule has 6 heteroatoms. The van der Waals surface area contributed by atoms with Gasteiger partial charge in [-0.15, -0.1) is 12.4 Å². The molecule has 0 radical (unpaired) electrons. The zero-order valence-electron chi connectivity index (χ0n) is 18.7. The van der Waals surface area contributed by atoms with E-state index in [1.165, 1.54) is 16.3 Å². The van der Waals surface area contributed by atoms with Crippen LogP contribution in [0, 0.1) is 5.92 Å². The number of nitrogen functional groups attached to an aromatic ring is 1. The second-order valence-electron chi connectivity index (χ2n) is 8.82. The van der Waals surface area contributed by atoms with Gasteiger partial charge in [0.2, 0.25) is 5.88 Å². The first-order valence-electron chi connectivity index (χ1n) is 11.1. The molecule has 4 aromatic rings. The summed E-state index contributed by atoms with van der Waals surface area (Å²) in [6.07, 6.45) is 6.56. The van der Waals surface area contributed by atoms with Crippen molar-refractivity contribution in [3.63, 3.8) is 0 Å². The first kappa shape index (κ1) is 22.4. The van der Waals surface area contributed by atoms with E-state index >= 15 is 0 Å². The fraction of sp³-hybridized carbons (Fsp3) is 0.346. The average Bonchev–Trinajstić information content (AvgIpc) is 3.20. The predicted molar refractivity (Wildman–Crippen MR) is 135 cm³/mol. The number of rotatable bonds is 5. The molecule has 2 aromatic carbocycles. The number of benzene rings is 2. The molecule has 1 atom stereocenters. The Kier molecular flexibility index (Phi) is 6.58. The molecule has 1 saturated heterocycles. The van der Waals surface area contributed by atoms with Gasteiger partial charge in [-0.05, 0) is 62.5 Å². The van der Waals surface area contributed by atoms with Gasteiger partial charge in [0.05, 0.1) is 17.5 Å². The molecule has 1 fully saturated rings. The first-order chi connectivity index (χ1) is 15.1. The van der Waals surface area contributed by atoms with E-state index in [0.717, 1.165) is 55.0 Å². The summed E-state index contributed by atoms with van der Waals surface area (Å²) in [6.45, 7) is 5.18. The number of fused-ring (bicyclic) bond motifs is 3. The first-order valence-corrected chi connectivity index (χ1v) is 11.1. The molecule has 5 rings (SSSR count). The van der Waals surface area contributed by atoms with Gasteiger partial charge in [-0.3, -0.25) is 4.90 Å². The maximum absolute atomic E-state index is 6.32. The molecule has 3 heterocycles. The lowest BCUT2D eigenvalue weighted by Gasteiger charge is -2.36. The lowest BCUT2D eigenvalue weighted by atomic mass is 9.95. The van der Waals surface area contributed by atoms with Crippen LogP contribution in [0.5, 0.6) is 5.88 Å². The Balaban J connectivity index is 0.00000245. The van der Waals surface area contributed by atoms with Gasteiger partial charge in [0, 0.05) is 41.9 Å². The average molecular weight is 451 g/mol. The Labute approximate surface area is 195 Å². The van der Waals surface area contributed by atoms with Crippen molar-refractivity contribution in [3.05, 3.63) is 66.5 Å². The third kappa shape index (κ3) is 4.41. The topological polar surface area (TPSA) is 56.3 Å². The monoisotopic (exact) mass is 450 g/mol. The third-order valence-corrected chi connectivity index (χ3v) is 6.67. The molecule has 0 amide bonds. The number of hydrogen-bond acceptors (Lipinski definition) is 4. The van der Waals surface area contributed by atoms with Gasteiger partial charge < -0.3 is 15.0 Å². The van der Waals surface area contributed by atoms with Crippen molar-refractivity contribution in [2.75, 3.05) is 25.4 Å². The van der Waals surface area contributed by atoms with Crippen molar-refractivity contribution in [1.29, 1.82) is 0 Å². The summed E-state index contributed by atoms with van der Waals surface area (Å²) in [5.74, 6) is 1.31. The molecule has 0 aliphatic carbocycles. The van der Waals surface area contributed by atoms with E-state index in [-0.39, 0.29) is 12.4 Å². The van der Waals surface area contributed by atoms with E-state index in [4.69, 9.17) is 15.5 Å². The van der Waals surface area contributed by atoms with Crippen LogP contribution in [0.25, 0.3) is 21.7 Å². The molecular weight excluding hydrogens is 420 g/mol. The number of aryl methyl sites for hydroxylation is 1. The Hall–Kier alpha value is -2.76. The summed E-state index contributed by atoms with van der Waals surface area (Å²) in [6, 6.07) is 17.0. The third-order valence-electron chi connectivity index (χ3n) is 6.67. The van der Waals surface area contributed by atoms with Crippen LogP contribution in [-0.4, -0.2) is 34.1 Å². The summed E-state index contributed by atoms with van der Waals surface area (Å²) >= 11 is 0. The van der Waals surface area contributed by atoms with Crippen molar-refractivity contribution in [3.8, 4) is 5.88 Å². The molecule has 0 spiro atoms. The lowest BCUT2D eigenvalue weighted by molar-refractivity contribution is 0.112. The number of ether oxygens (including phenoxy) is 1. The van der Waals surface area contributed by atoms with E-state index in [1.807, 2.05) is 18.2 Å². The highest BCUT2D eigenvalue weighted by Gasteiger charge is 2.24. The number of nitrogens with two attached hydrogens (primary N) is 1. The fourth-order valence-corrected chi connectivity index (χ4v) is 4.74. The number of piperidine rings is 1. The molecule has 1 aliphatic heterocycles. The SMILES string of the molecule is CC(c1ccc(N)cc1)N1CCC(COc2nc3ccccc3c3cn(C)cc23)CC1.Cl. The smallest absolute Gasteiger partial charge is 0.223 e. The Morgan fingerprint density at radius 1 is 1.00 bits per heavy atom. The standard InChI is InChI=1S/C26H30N4O.ClH/c1-18(20-7-9-21(27)10-8-20)30-13-11-19(12-14-30)17-31-26-24-16-29(2)15-23(24)22-5-3-4-6-25(22)28-26;/h3-10,15-16,18-19H,11-14,17,27H2,1-2H3;1H. The molecule has 0 saturated carbocycles. The minimum atomic E-state index is 0. The maximum Gasteiger partial charge on any atom is 0.223 e. The van der Waals surface area contributed by atoms with Crippen LogP contribution in [0.1, 0.15) is 31.4 Å². The summed E-state index contributed by atoms with van der Waals surface area (Å²) in [5.41, 5.74) is 8.98. The molecule has 5 nitrogen and oxygen atoms in total. The second-order valence-corrected chi connectivity index (χ2v) is 8.82. The van der Waals surface area contributed by atoms with Crippen molar-refractivity contribution in [1.82, 2.24) is 14.5 Å². The zero-order valence-corrected chi connectivity index (χ0v) is 19.5. The quantitative estimate of drug-likeness (QED) is 0.403. The van der Waals surface area contributed by atoms with Gasteiger partial charge in [0.15, 0.2) is 0 Å². The Bertz CT molecular complexity index is 1200. The molecule has 1 aliphatic rings. The van der Waals surface area contributed by atoms with Crippen LogP contribution < -0.4 is 10.5 Å². The van der Waals surface area contributed by atoms with Crippen molar-refractivity contribution in [2.45, 2.75) is 25.8 Å². The van der Waals surface area contributed by atoms with Crippen LogP contribution in [0.2, 0.25) is 0 Å². The van der Waals surface area contributed by atoms with Crippen LogP contribution in [0.4, 0.5) is 5.69 Å². The number of hydrogen-bond donors (Lipinski definition) is 1. The molecule has 32 heavy (non-hydrogen) atoms. The number of nitrogens with zero attached hydrogens (tertiary/aromatic N) is 3. The van der Waals surface area contributed by atoms with Gasteiger partial charge in [0.1, 0.15) is 0 Å². The highest BCUT2D eigenvalue weighted by Crippen LogP contribution is 2.32. The number of para-hydroxylation sites is 1. The fourth-order valence-electron chi connectivity index (χ4n) is 4.74. The minimum Gasteiger partial charge on any atom is -0.477 e. The number of anilines is 1. The largest absolute Gasteiger partial charge is 0.477 e. The van der Waals surface area contributed by atoms with Crippen LogP contribution in [0.15, 0.2) is 60.9 Å².